The van der Waals surface area contributed by atoms with E-state index in [0.29, 0.717) is 0 Å². The van der Waals surface area contributed by atoms with E-state index in [1.165, 1.54) is 27.2 Å². The minimum absolute atomic E-state index is 0.777. The van der Waals surface area contributed by atoms with Crippen LogP contribution in [0.4, 0.5) is 0 Å². The van der Waals surface area contributed by atoms with Gasteiger partial charge in [0.25, 0.3) is 0 Å². The first-order valence-corrected chi connectivity index (χ1v) is 8.21. The molecule has 2 nitrogen and oxygen atoms in total. The highest BCUT2D eigenvalue weighted by Crippen LogP contribution is 2.29. The largest absolute Gasteiger partial charge is 0.334 e. The Kier molecular flexibility index (Phi) is 2.89. The number of rotatable bonds is 2. The lowest BCUT2D eigenvalue weighted by Crippen LogP contribution is -2.01. The Labute approximate surface area is 140 Å². The summed E-state index contributed by atoms with van der Waals surface area (Å²) >= 11 is 0. The van der Waals surface area contributed by atoms with Crippen LogP contribution in [0.1, 0.15) is 5.69 Å². The Morgan fingerprint density at radius 2 is 1.25 bits per heavy atom. The summed E-state index contributed by atoms with van der Waals surface area (Å²) in [4.78, 5) is 4.84. The molecule has 0 unspecified atom stereocenters. The average Bonchev–Trinajstić information content (AvgIpc) is 2.96. The molecular formula is C22H16N2. The Morgan fingerprint density at radius 3 is 2.00 bits per heavy atom. The molecule has 0 amide bonds. The zero-order valence-corrected chi connectivity index (χ0v) is 13.2. The predicted octanol–water partition coefficient (Wildman–Crippen LogP) is 5.39. The van der Waals surface area contributed by atoms with Crippen LogP contribution in [0, 0.1) is 0 Å². The van der Waals surface area contributed by atoms with E-state index in [9.17, 15) is 0 Å². The molecule has 0 spiro atoms. The fraction of sp³-hybridized carbons (Fsp3) is 0.0455. The molecular weight excluding hydrogens is 292 g/mol. The van der Waals surface area contributed by atoms with E-state index in [1.54, 1.807) is 0 Å². The summed E-state index contributed by atoms with van der Waals surface area (Å²) in [6, 6.07) is 29.7. The normalized spacial score (nSPS) is 11.5. The van der Waals surface area contributed by atoms with Gasteiger partial charge in [-0.25, -0.2) is 0 Å². The minimum atomic E-state index is 0.777. The van der Waals surface area contributed by atoms with Crippen LogP contribution in [-0.4, -0.2) is 9.55 Å². The number of hydrogen-bond donors (Lipinski definition) is 0. The molecule has 24 heavy (non-hydrogen) atoms. The molecule has 0 atom stereocenters. The van der Waals surface area contributed by atoms with Crippen molar-refractivity contribution in [2.75, 3.05) is 0 Å². The summed E-state index contributed by atoms with van der Waals surface area (Å²) in [7, 11) is 0. The molecule has 0 saturated heterocycles. The van der Waals surface area contributed by atoms with Crippen LogP contribution >= 0.6 is 0 Å². The van der Waals surface area contributed by atoms with Gasteiger partial charge in [-0.1, -0.05) is 60.7 Å². The van der Waals surface area contributed by atoms with E-state index in [-0.39, 0.29) is 0 Å². The van der Waals surface area contributed by atoms with Crippen LogP contribution in [-0.2, 0) is 6.54 Å². The second-order valence-corrected chi connectivity index (χ2v) is 6.12. The number of hydrogen-bond acceptors (Lipinski definition) is 1. The van der Waals surface area contributed by atoms with Gasteiger partial charge < -0.3 is 4.57 Å². The van der Waals surface area contributed by atoms with Crippen molar-refractivity contribution in [3.8, 4) is 0 Å². The van der Waals surface area contributed by atoms with Crippen LogP contribution in [0.25, 0.3) is 32.7 Å². The first-order chi connectivity index (χ1) is 11.9. The van der Waals surface area contributed by atoms with Gasteiger partial charge in [0.2, 0.25) is 0 Å². The lowest BCUT2D eigenvalue weighted by molar-refractivity contribution is 0.841. The molecule has 0 saturated carbocycles. The molecule has 0 fully saturated rings. The van der Waals surface area contributed by atoms with E-state index in [1.807, 2.05) is 6.07 Å². The quantitative estimate of drug-likeness (QED) is 0.427. The summed E-state index contributed by atoms with van der Waals surface area (Å²) in [6.07, 6.45) is 0. The maximum Gasteiger partial charge on any atom is 0.0706 e. The van der Waals surface area contributed by atoms with Crippen molar-refractivity contribution in [1.29, 1.82) is 0 Å². The average molecular weight is 308 g/mol. The van der Waals surface area contributed by atoms with Gasteiger partial charge in [-0.2, -0.15) is 0 Å². The smallest absolute Gasteiger partial charge is 0.0706 e. The zero-order valence-electron chi connectivity index (χ0n) is 13.2. The Balaban J connectivity index is 1.72. The molecule has 0 radical (unpaired) electrons. The number of fused-ring (bicyclic) bond motifs is 4. The number of aromatic nitrogens is 2. The van der Waals surface area contributed by atoms with Gasteiger partial charge in [0.05, 0.1) is 17.8 Å². The van der Waals surface area contributed by atoms with E-state index < -0.39 is 0 Å². The van der Waals surface area contributed by atoms with Crippen molar-refractivity contribution in [3.05, 3.63) is 90.6 Å². The van der Waals surface area contributed by atoms with Crippen molar-refractivity contribution in [2.45, 2.75) is 6.54 Å². The number of para-hydroxylation sites is 3. The van der Waals surface area contributed by atoms with Crippen LogP contribution in [0.2, 0.25) is 0 Å². The predicted molar refractivity (Wildman–Crippen MR) is 100 cm³/mol. The highest BCUT2D eigenvalue weighted by Gasteiger charge is 2.10. The first kappa shape index (κ1) is 13.3. The van der Waals surface area contributed by atoms with Gasteiger partial charge in [0, 0.05) is 27.2 Å². The molecule has 5 aromatic rings. The van der Waals surface area contributed by atoms with Gasteiger partial charge in [-0.3, -0.25) is 4.98 Å². The minimum Gasteiger partial charge on any atom is -0.334 e. The monoisotopic (exact) mass is 308 g/mol. The summed E-state index contributed by atoms with van der Waals surface area (Å²) in [5.41, 5.74) is 4.65. The Morgan fingerprint density at radius 1 is 0.625 bits per heavy atom. The molecule has 2 heterocycles. The van der Waals surface area contributed by atoms with Crippen molar-refractivity contribution >= 4 is 32.7 Å². The van der Waals surface area contributed by atoms with Crippen LogP contribution < -0.4 is 0 Å². The van der Waals surface area contributed by atoms with E-state index >= 15 is 0 Å². The highest BCUT2D eigenvalue weighted by molar-refractivity contribution is 6.08. The molecule has 2 heteroatoms. The Bertz CT molecular complexity index is 1130. The molecule has 2 aromatic heterocycles. The fourth-order valence-corrected chi connectivity index (χ4v) is 3.53. The van der Waals surface area contributed by atoms with Crippen LogP contribution in [0.15, 0.2) is 84.9 Å². The molecule has 0 aliphatic heterocycles. The van der Waals surface area contributed by atoms with Gasteiger partial charge >= 0.3 is 0 Å². The summed E-state index contributed by atoms with van der Waals surface area (Å²) in [5, 5.41) is 3.78. The molecule has 0 aliphatic rings. The molecule has 0 bridgehead atoms. The summed E-state index contributed by atoms with van der Waals surface area (Å²) < 4.78 is 2.36. The number of benzene rings is 3. The van der Waals surface area contributed by atoms with Crippen molar-refractivity contribution < 1.29 is 0 Å². The first-order valence-electron chi connectivity index (χ1n) is 8.21. The molecule has 114 valence electrons. The maximum absolute atomic E-state index is 4.84. The second-order valence-electron chi connectivity index (χ2n) is 6.12. The standard InChI is InChI=1S/C22H16N2/c1-4-10-20-16(7-1)13-14-17(23-20)15-24-21-11-5-2-8-18(21)19-9-3-6-12-22(19)24/h1-14H,15H2. The topological polar surface area (TPSA) is 17.8 Å². The van der Waals surface area contributed by atoms with Gasteiger partial charge in [-0.05, 0) is 24.3 Å². The maximum atomic E-state index is 4.84. The summed E-state index contributed by atoms with van der Waals surface area (Å²) in [6.45, 7) is 0.777. The number of pyridine rings is 1. The third kappa shape index (κ3) is 2.00. The Hall–Kier alpha value is -3.13. The third-order valence-electron chi connectivity index (χ3n) is 4.66. The number of nitrogens with zero attached hydrogens (tertiary/aromatic N) is 2. The van der Waals surface area contributed by atoms with Crippen LogP contribution in [0.5, 0.6) is 0 Å². The van der Waals surface area contributed by atoms with Gasteiger partial charge in [0.1, 0.15) is 0 Å². The third-order valence-corrected chi connectivity index (χ3v) is 4.66. The highest BCUT2D eigenvalue weighted by atomic mass is 15.0. The lowest BCUT2D eigenvalue weighted by Gasteiger charge is -2.08. The zero-order chi connectivity index (χ0) is 15.9. The van der Waals surface area contributed by atoms with E-state index in [2.05, 4.69) is 83.4 Å². The van der Waals surface area contributed by atoms with Crippen molar-refractivity contribution in [3.63, 3.8) is 0 Å². The summed E-state index contributed by atoms with van der Waals surface area (Å²) in [5.74, 6) is 0. The van der Waals surface area contributed by atoms with E-state index in [0.717, 1.165) is 17.8 Å². The SMILES string of the molecule is c1ccc2nc(Cn3c4ccccc4c4ccccc43)ccc2c1. The van der Waals surface area contributed by atoms with Gasteiger partial charge in [0.15, 0.2) is 0 Å². The van der Waals surface area contributed by atoms with E-state index in [4.69, 9.17) is 4.98 Å². The van der Waals surface area contributed by atoms with Crippen molar-refractivity contribution in [2.24, 2.45) is 0 Å². The van der Waals surface area contributed by atoms with Crippen LogP contribution in [0.3, 0.4) is 0 Å². The second kappa shape index (κ2) is 5.20. The fourth-order valence-electron chi connectivity index (χ4n) is 3.53. The molecule has 5 rings (SSSR count). The van der Waals surface area contributed by atoms with Gasteiger partial charge in [-0.15, -0.1) is 0 Å². The molecule has 0 aliphatic carbocycles. The molecule has 0 N–H and O–H groups in total. The lowest BCUT2D eigenvalue weighted by atomic mass is 10.2. The molecule has 3 aromatic carbocycles. The van der Waals surface area contributed by atoms with Crippen molar-refractivity contribution in [1.82, 2.24) is 9.55 Å².